The Hall–Kier alpha value is -2.89. The van der Waals surface area contributed by atoms with Crippen molar-refractivity contribution in [3.05, 3.63) is 0 Å². The minimum absolute atomic E-state index is 0.182. The Kier molecular flexibility index (Phi) is 33.3. The fourth-order valence-electron chi connectivity index (χ4n) is 6.30. The Bertz CT molecular complexity index is 1080. The van der Waals surface area contributed by atoms with Crippen LogP contribution in [-0.4, -0.2) is 109 Å². The lowest BCUT2D eigenvalue weighted by molar-refractivity contribution is -0.149. The highest BCUT2D eigenvalue weighted by molar-refractivity contribution is 5.94. The van der Waals surface area contributed by atoms with Gasteiger partial charge in [0.25, 0.3) is 0 Å². The number of amides is 4. The van der Waals surface area contributed by atoms with Crippen LogP contribution in [0.4, 0.5) is 0 Å². The van der Waals surface area contributed by atoms with Gasteiger partial charge in [0.05, 0.1) is 19.3 Å². The molecule has 0 unspecified atom stereocenters. The summed E-state index contributed by atoms with van der Waals surface area (Å²) in [5.41, 5.74) is 21.2. The molecule has 16 nitrogen and oxygen atoms in total. The van der Waals surface area contributed by atoms with Gasteiger partial charge in [0.1, 0.15) is 30.3 Å². The highest BCUT2D eigenvalue weighted by Crippen LogP contribution is 2.14. The molecule has 0 radical (unpaired) electrons. The summed E-state index contributed by atoms with van der Waals surface area (Å²) in [5, 5.41) is 30.8. The highest BCUT2D eigenvalue weighted by atomic mass is 16.5. The van der Waals surface area contributed by atoms with Gasteiger partial charge in [-0.15, -0.1) is 0 Å². The van der Waals surface area contributed by atoms with Crippen LogP contribution >= 0.6 is 0 Å². The zero-order valence-corrected chi connectivity index (χ0v) is 35.5. The molecule has 0 aliphatic heterocycles. The number of nitrogens with one attached hydrogen (secondary N) is 4. The molecule has 334 valence electrons. The number of ether oxygens (including phenoxy) is 1. The largest absolute Gasteiger partial charge is 0.463 e. The number of rotatable bonds is 38. The molecule has 0 saturated heterocycles. The molecule has 0 spiro atoms. The summed E-state index contributed by atoms with van der Waals surface area (Å²) in [6.45, 7) is 2.97. The summed E-state index contributed by atoms with van der Waals surface area (Å²) >= 11 is 0. The van der Waals surface area contributed by atoms with Crippen LogP contribution < -0.4 is 44.2 Å². The molecule has 0 aliphatic rings. The van der Waals surface area contributed by atoms with Gasteiger partial charge >= 0.3 is 5.97 Å². The van der Waals surface area contributed by atoms with E-state index in [9.17, 15) is 34.2 Å². The first kappa shape index (κ1) is 54.1. The van der Waals surface area contributed by atoms with Crippen molar-refractivity contribution < 1.29 is 38.9 Å². The standard InChI is InChI=1S/C41H82N8O8/c1-3-4-5-6-7-8-9-10-11-12-13-14-15-25-36(52)57-31-41(29-50,30-51)49-37(53)32(2)46-39(55)34(23-17-20-27-43)48-40(56)35(24-18-21-28-44)47-38(54)33(45)22-16-19-26-42/h32-35,50-51H,3-31,42-45H2,1-2H3,(H,46,55)(H,47,54)(H,48,56)(H,49,53)/t32-,33-,34-,35-/m0/s1. The first-order chi connectivity index (χ1) is 27.4. The first-order valence-corrected chi connectivity index (χ1v) is 21.9. The Balaban J connectivity index is 5.14. The second kappa shape index (κ2) is 35.1. The van der Waals surface area contributed by atoms with E-state index in [4.69, 9.17) is 27.7 Å². The number of hydrogen-bond donors (Lipinski definition) is 10. The van der Waals surface area contributed by atoms with Crippen molar-refractivity contribution in [3.63, 3.8) is 0 Å². The third kappa shape index (κ3) is 26.7. The van der Waals surface area contributed by atoms with E-state index >= 15 is 0 Å². The van der Waals surface area contributed by atoms with E-state index < -0.39 is 79.1 Å². The monoisotopic (exact) mass is 815 g/mol. The van der Waals surface area contributed by atoms with Crippen LogP contribution in [0.25, 0.3) is 0 Å². The third-order valence-electron chi connectivity index (χ3n) is 10.2. The molecule has 57 heavy (non-hydrogen) atoms. The summed E-state index contributed by atoms with van der Waals surface area (Å²) in [6.07, 6.45) is 20.0. The number of nitrogens with two attached hydrogens (primary N) is 4. The maximum Gasteiger partial charge on any atom is 0.305 e. The molecule has 14 N–H and O–H groups in total. The second-order valence-corrected chi connectivity index (χ2v) is 15.6. The van der Waals surface area contributed by atoms with E-state index in [0.717, 1.165) is 19.3 Å². The molecule has 0 aliphatic carbocycles. The molecule has 0 aromatic heterocycles. The van der Waals surface area contributed by atoms with Gasteiger partial charge in [-0.3, -0.25) is 24.0 Å². The molecule has 0 saturated carbocycles. The normalized spacial score (nSPS) is 13.6. The number of carbonyl (C=O) groups excluding carboxylic acids is 5. The summed E-state index contributed by atoms with van der Waals surface area (Å²) < 4.78 is 5.35. The lowest BCUT2D eigenvalue weighted by Gasteiger charge is -2.32. The van der Waals surface area contributed by atoms with Gasteiger partial charge in [0.15, 0.2) is 0 Å². The quantitative estimate of drug-likeness (QED) is 0.0317. The van der Waals surface area contributed by atoms with E-state index in [0.29, 0.717) is 71.0 Å². The van der Waals surface area contributed by atoms with Crippen LogP contribution in [-0.2, 0) is 28.7 Å². The molecular formula is C41H82N8O8. The van der Waals surface area contributed by atoms with E-state index in [1.807, 2.05) is 0 Å². The average molecular weight is 815 g/mol. The van der Waals surface area contributed by atoms with E-state index in [1.165, 1.54) is 64.7 Å². The molecule has 0 fully saturated rings. The molecule has 0 aromatic rings. The summed E-state index contributed by atoms with van der Waals surface area (Å²) in [6, 6.07) is -4.05. The number of unbranched alkanes of at least 4 members (excludes halogenated alkanes) is 15. The van der Waals surface area contributed by atoms with Gasteiger partial charge in [-0.1, -0.05) is 90.4 Å². The van der Waals surface area contributed by atoms with Crippen molar-refractivity contribution >= 4 is 29.6 Å². The first-order valence-electron chi connectivity index (χ1n) is 21.9. The van der Waals surface area contributed by atoms with Crippen molar-refractivity contribution in [1.29, 1.82) is 0 Å². The number of aliphatic hydroxyl groups excluding tert-OH is 2. The summed E-state index contributed by atoms with van der Waals surface area (Å²) in [5.74, 6) is -2.98. The molecule has 4 atom stereocenters. The second-order valence-electron chi connectivity index (χ2n) is 15.6. The predicted molar refractivity (Wildman–Crippen MR) is 224 cm³/mol. The summed E-state index contributed by atoms with van der Waals surface area (Å²) in [4.78, 5) is 65.6. The zero-order valence-electron chi connectivity index (χ0n) is 35.5. The SMILES string of the molecule is CCCCCCCCCCCCCCCC(=O)OCC(CO)(CO)NC(=O)[C@H](C)NC(=O)[C@H](CCCCN)NC(=O)[C@H](CCCCN)NC(=O)[C@@H](N)CCCCN. The Labute approximate surface area is 342 Å². The van der Waals surface area contributed by atoms with Crippen LogP contribution in [0, 0.1) is 0 Å². The Morgan fingerprint density at radius 3 is 1.44 bits per heavy atom. The van der Waals surface area contributed by atoms with Gasteiger partial charge in [-0.2, -0.15) is 0 Å². The van der Waals surface area contributed by atoms with E-state index in [2.05, 4.69) is 28.2 Å². The molecular weight excluding hydrogens is 732 g/mol. The van der Waals surface area contributed by atoms with Gasteiger partial charge in [0, 0.05) is 6.42 Å². The van der Waals surface area contributed by atoms with E-state index in [-0.39, 0.29) is 19.3 Å². The predicted octanol–water partition coefficient (Wildman–Crippen LogP) is 2.04. The lowest BCUT2D eigenvalue weighted by Crippen LogP contribution is -2.62. The Morgan fingerprint density at radius 2 is 0.982 bits per heavy atom. The van der Waals surface area contributed by atoms with Crippen molar-refractivity contribution in [2.75, 3.05) is 39.5 Å². The fraction of sp³-hybridized carbons (Fsp3) is 0.878. The molecule has 0 heterocycles. The van der Waals surface area contributed by atoms with Crippen LogP contribution in [0.2, 0.25) is 0 Å². The molecule has 0 aromatic carbocycles. The summed E-state index contributed by atoms with van der Waals surface area (Å²) in [7, 11) is 0. The maximum absolute atomic E-state index is 13.5. The van der Waals surface area contributed by atoms with Gasteiger partial charge < -0.3 is 59.2 Å². The fourth-order valence-corrected chi connectivity index (χ4v) is 6.30. The highest BCUT2D eigenvalue weighted by Gasteiger charge is 2.35. The lowest BCUT2D eigenvalue weighted by atomic mass is 10.0. The van der Waals surface area contributed by atoms with Gasteiger partial charge in [-0.05, 0) is 84.3 Å². The third-order valence-corrected chi connectivity index (χ3v) is 10.2. The van der Waals surface area contributed by atoms with Crippen LogP contribution in [0.15, 0.2) is 0 Å². The van der Waals surface area contributed by atoms with Crippen molar-refractivity contribution in [2.45, 2.75) is 191 Å². The van der Waals surface area contributed by atoms with Gasteiger partial charge in [-0.25, -0.2) is 0 Å². The van der Waals surface area contributed by atoms with Crippen LogP contribution in [0.5, 0.6) is 0 Å². The van der Waals surface area contributed by atoms with Crippen molar-refractivity contribution in [3.8, 4) is 0 Å². The van der Waals surface area contributed by atoms with E-state index in [1.54, 1.807) is 0 Å². The number of esters is 1. The topological polar surface area (TPSA) is 287 Å². The molecule has 0 bridgehead atoms. The van der Waals surface area contributed by atoms with Crippen LogP contribution in [0.1, 0.15) is 162 Å². The van der Waals surface area contributed by atoms with Gasteiger partial charge in [0.2, 0.25) is 23.6 Å². The smallest absolute Gasteiger partial charge is 0.305 e. The molecule has 0 rings (SSSR count). The molecule has 4 amide bonds. The number of hydrogen-bond acceptors (Lipinski definition) is 12. The minimum Gasteiger partial charge on any atom is -0.463 e. The Morgan fingerprint density at radius 1 is 0.561 bits per heavy atom. The number of aliphatic hydroxyl groups is 2. The van der Waals surface area contributed by atoms with Crippen LogP contribution in [0.3, 0.4) is 0 Å². The van der Waals surface area contributed by atoms with Crippen molar-refractivity contribution in [2.24, 2.45) is 22.9 Å². The zero-order chi connectivity index (χ0) is 42.7. The minimum atomic E-state index is -1.68. The maximum atomic E-state index is 13.5. The number of carbonyl (C=O) groups is 5. The molecule has 16 heteroatoms. The van der Waals surface area contributed by atoms with Crippen molar-refractivity contribution in [1.82, 2.24) is 21.3 Å². The average Bonchev–Trinajstić information content (AvgIpc) is 3.20.